The first-order valence-electron chi connectivity index (χ1n) is 8.18. The molecule has 0 saturated carbocycles. The van der Waals surface area contributed by atoms with E-state index in [4.69, 9.17) is 0 Å². The molecule has 126 valence electrons. The third-order valence-electron chi connectivity index (χ3n) is 3.94. The van der Waals surface area contributed by atoms with Crippen LogP contribution in [0.3, 0.4) is 0 Å². The number of carbonyl (C=O) groups excluding carboxylic acids is 2. The second-order valence-corrected chi connectivity index (χ2v) is 6.62. The monoisotopic (exact) mass is 381 g/mol. The van der Waals surface area contributed by atoms with Crippen molar-refractivity contribution in [1.29, 1.82) is 0 Å². The van der Waals surface area contributed by atoms with E-state index in [1.54, 1.807) is 17.0 Å². The lowest BCUT2D eigenvalue weighted by Gasteiger charge is -2.24. The maximum atomic E-state index is 12.6. The van der Waals surface area contributed by atoms with Crippen molar-refractivity contribution in [2.24, 2.45) is 0 Å². The molecule has 1 aromatic rings. The molecular formula is C17H24BrN3O2. The Morgan fingerprint density at radius 2 is 1.96 bits per heavy atom. The fourth-order valence-electron chi connectivity index (χ4n) is 2.73. The van der Waals surface area contributed by atoms with Crippen LogP contribution in [0.2, 0.25) is 0 Å². The molecule has 1 aliphatic heterocycles. The molecule has 6 heteroatoms. The summed E-state index contributed by atoms with van der Waals surface area (Å²) in [5.74, 6) is -0.120. The second-order valence-electron chi connectivity index (χ2n) is 5.70. The summed E-state index contributed by atoms with van der Waals surface area (Å²) in [5.41, 5.74) is 0.623. The Labute approximate surface area is 145 Å². The zero-order chi connectivity index (χ0) is 16.7. The number of benzene rings is 1. The minimum Gasteiger partial charge on any atom is -0.353 e. The van der Waals surface area contributed by atoms with E-state index >= 15 is 0 Å². The number of likely N-dealkylation sites (tertiary alicyclic amines) is 1. The van der Waals surface area contributed by atoms with Crippen molar-refractivity contribution in [1.82, 2.24) is 15.5 Å². The van der Waals surface area contributed by atoms with E-state index in [1.807, 2.05) is 12.1 Å². The van der Waals surface area contributed by atoms with Gasteiger partial charge < -0.3 is 15.5 Å². The molecule has 2 rings (SSSR count). The quantitative estimate of drug-likeness (QED) is 0.711. The molecule has 1 aliphatic rings. The van der Waals surface area contributed by atoms with Crippen LogP contribution >= 0.6 is 15.9 Å². The van der Waals surface area contributed by atoms with Gasteiger partial charge in [0, 0.05) is 29.7 Å². The summed E-state index contributed by atoms with van der Waals surface area (Å²) in [5, 5.41) is 6.17. The Morgan fingerprint density at radius 3 is 2.65 bits per heavy atom. The minimum absolute atomic E-state index is 0.0498. The third-order valence-corrected chi connectivity index (χ3v) is 4.46. The summed E-state index contributed by atoms with van der Waals surface area (Å²) in [4.78, 5) is 26.6. The van der Waals surface area contributed by atoms with Crippen molar-refractivity contribution in [3.8, 4) is 0 Å². The first-order chi connectivity index (χ1) is 11.1. The molecule has 0 aromatic heterocycles. The predicted octanol–water partition coefficient (Wildman–Crippen LogP) is 2.17. The number of hydrogen-bond donors (Lipinski definition) is 2. The number of rotatable bonds is 7. The lowest BCUT2D eigenvalue weighted by atomic mass is 10.1. The van der Waals surface area contributed by atoms with Crippen LogP contribution in [0.15, 0.2) is 28.7 Å². The first-order valence-corrected chi connectivity index (χ1v) is 8.97. The average molecular weight is 382 g/mol. The Morgan fingerprint density at radius 1 is 1.22 bits per heavy atom. The highest BCUT2D eigenvalue weighted by Crippen LogP contribution is 2.21. The van der Waals surface area contributed by atoms with E-state index < -0.39 is 0 Å². The van der Waals surface area contributed by atoms with E-state index in [0.29, 0.717) is 18.7 Å². The van der Waals surface area contributed by atoms with Crippen LogP contribution in [0.4, 0.5) is 0 Å². The number of halogens is 1. The summed E-state index contributed by atoms with van der Waals surface area (Å²) in [7, 11) is 0. The number of nitrogens with one attached hydrogen (secondary N) is 2. The highest BCUT2D eigenvalue weighted by molar-refractivity contribution is 9.10. The van der Waals surface area contributed by atoms with Crippen LogP contribution in [-0.4, -0.2) is 48.9 Å². The maximum absolute atomic E-state index is 12.6. The first kappa shape index (κ1) is 17.9. The molecule has 2 amide bonds. The molecule has 1 fully saturated rings. The van der Waals surface area contributed by atoms with E-state index in [9.17, 15) is 9.59 Å². The molecule has 5 nitrogen and oxygen atoms in total. The molecule has 0 bridgehead atoms. The van der Waals surface area contributed by atoms with Gasteiger partial charge in [-0.05, 0) is 50.1 Å². The molecule has 1 aromatic carbocycles. The van der Waals surface area contributed by atoms with Gasteiger partial charge in [0.1, 0.15) is 6.04 Å². The molecule has 1 atom stereocenters. The number of amides is 2. The zero-order valence-corrected chi connectivity index (χ0v) is 15.1. The summed E-state index contributed by atoms with van der Waals surface area (Å²) < 4.78 is 0.935. The van der Waals surface area contributed by atoms with Crippen LogP contribution in [0, 0.1) is 0 Å². The van der Waals surface area contributed by atoms with Crippen LogP contribution in [0.5, 0.6) is 0 Å². The lowest BCUT2D eigenvalue weighted by Crippen LogP contribution is -2.47. The zero-order valence-electron chi connectivity index (χ0n) is 13.5. The molecule has 0 aliphatic carbocycles. The highest BCUT2D eigenvalue weighted by Gasteiger charge is 2.34. The van der Waals surface area contributed by atoms with Crippen molar-refractivity contribution >= 4 is 27.7 Å². The van der Waals surface area contributed by atoms with E-state index in [-0.39, 0.29) is 17.9 Å². The van der Waals surface area contributed by atoms with E-state index in [0.717, 1.165) is 36.8 Å². The number of nitrogens with zero attached hydrogens (tertiary/aromatic N) is 1. The molecule has 2 N–H and O–H groups in total. The second kappa shape index (κ2) is 9.03. The standard InChI is InChI=1S/C17H24BrN3O2/c1-2-9-19-10-11-20-16(22)15-4-3-12-21(15)17(23)13-5-7-14(18)8-6-13/h5-8,15,19H,2-4,9-12H2,1H3,(H,20,22). The van der Waals surface area contributed by atoms with Crippen LogP contribution in [-0.2, 0) is 4.79 Å². The number of hydrogen-bond acceptors (Lipinski definition) is 3. The van der Waals surface area contributed by atoms with Crippen LogP contribution in [0.1, 0.15) is 36.5 Å². The smallest absolute Gasteiger partial charge is 0.254 e. The van der Waals surface area contributed by atoms with Crippen molar-refractivity contribution in [2.75, 3.05) is 26.2 Å². The van der Waals surface area contributed by atoms with Gasteiger partial charge in [0.2, 0.25) is 5.91 Å². The largest absolute Gasteiger partial charge is 0.353 e. The van der Waals surface area contributed by atoms with E-state index in [1.165, 1.54) is 0 Å². The summed E-state index contributed by atoms with van der Waals surface area (Å²) in [6, 6.07) is 6.91. The Kier molecular flexibility index (Phi) is 7.05. The topological polar surface area (TPSA) is 61.4 Å². The van der Waals surface area contributed by atoms with Gasteiger partial charge in [0.05, 0.1) is 0 Å². The predicted molar refractivity (Wildman–Crippen MR) is 94.4 cm³/mol. The van der Waals surface area contributed by atoms with Gasteiger partial charge in [-0.2, -0.15) is 0 Å². The lowest BCUT2D eigenvalue weighted by molar-refractivity contribution is -0.124. The molecule has 1 saturated heterocycles. The van der Waals surface area contributed by atoms with Gasteiger partial charge in [-0.1, -0.05) is 22.9 Å². The van der Waals surface area contributed by atoms with Crippen molar-refractivity contribution in [2.45, 2.75) is 32.2 Å². The van der Waals surface area contributed by atoms with Crippen molar-refractivity contribution < 1.29 is 9.59 Å². The van der Waals surface area contributed by atoms with Gasteiger partial charge in [0.25, 0.3) is 5.91 Å². The average Bonchev–Trinajstić information content (AvgIpc) is 3.04. The van der Waals surface area contributed by atoms with Gasteiger partial charge in [-0.15, -0.1) is 0 Å². The van der Waals surface area contributed by atoms with Crippen molar-refractivity contribution in [3.63, 3.8) is 0 Å². The molecule has 1 heterocycles. The fourth-order valence-corrected chi connectivity index (χ4v) is 3.00. The maximum Gasteiger partial charge on any atom is 0.254 e. The molecular weight excluding hydrogens is 358 g/mol. The van der Waals surface area contributed by atoms with Crippen LogP contribution in [0.25, 0.3) is 0 Å². The minimum atomic E-state index is -0.350. The molecule has 0 spiro atoms. The Balaban J connectivity index is 1.90. The molecule has 0 radical (unpaired) electrons. The van der Waals surface area contributed by atoms with E-state index in [2.05, 4.69) is 33.5 Å². The highest BCUT2D eigenvalue weighted by atomic mass is 79.9. The van der Waals surface area contributed by atoms with Gasteiger partial charge in [-0.25, -0.2) is 0 Å². The normalized spacial score (nSPS) is 17.3. The van der Waals surface area contributed by atoms with Gasteiger partial charge in [-0.3, -0.25) is 9.59 Å². The Bertz CT molecular complexity index is 533. The summed E-state index contributed by atoms with van der Waals surface area (Å²) in [6.45, 7) is 5.05. The summed E-state index contributed by atoms with van der Waals surface area (Å²) >= 11 is 3.36. The number of carbonyl (C=O) groups is 2. The summed E-state index contributed by atoms with van der Waals surface area (Å²) in [6.07, 6.45) is 2.68. The third kappa shape index (κ3) is 5.04. The van der Waals surface area contributed by atoms with Crippen LogP contribution < -0.4 is 10.6 Å². The van der Waals surface area contributed by atoms with Gasteiger partial charge in [0.15, 0.2) is 0 Å². The SMILES string of the molecule is CCCNCCNC(=O)C1CCCN1C(=O)c1ccc(Br)cc1. The molecule has 23 heavy (non-hydrogen) atoms. The van der Waals surface area contributed by atoms with Gasteiger partial charge >= 0.3 is 0 Å². The van der Waals surface area contributed by atoms with Crippen molar-refractivity contribution in [3.05, 3.63) is 34.3 Å². The Hall–Kier alpha value is -1.40. The fraction of sp³-hybridized carbons (Fsp3) is 0.529. The molecule has 1 unspecified atom stereocenters.